The van der Waals surface area contributed by atoms with Gasteiger partial charge in [-0.2, -0.15) is 4.98 Å². The van der Waals surface area contributed by atoms with E-state index in [2.05, 4.69) is 21.0 Å². The van der Waals surface area contributed by atoms with E-state index in [1.165, 1.54) is 0 Å². The summed E-state index contributed by atoms with van der Waals surface area (Å²) >= 11 is 5.78. The number of halogens is 1. The molecular weight excluding hydrogens is 250 g/mol. The molecule has 0 spiro atoms. The number of aryl methyl sites for hydroxylation is 1. The van der Waals surface area contributed by atoms with Gasteiger partial charge >= 0.3 is 0 Å². The van der Waals surface area contributed by atoms with E-state index in [-0.39, 0.29) is 5.28 Å². The Labute approximate surface area is 109 Å². The Bertz CT molecular complexity index is 758. The highest BCUT2D eigenvalue weighted by molar-refractivity contribution is 6.28. The molecule has 0 bridgehead atoms. The Morgan fingerprint density at radius 3 is 2.72 bits per heavy atom. The summed E-state index contributed by atoms with van der Waals surface area (Å²) in [5.74, 6) is 0.738. The predicted octanol–water partition coefficient (Wildman–Crippen LogP) is 3.15. The maximum atomic E-state index is 5.78. The minimum Gasteiger partial charge on any atom is -0.494 e. The molecule has 0 saturated heterocycles. The van der Waals surface area contributed by atoms with Crippen LogP contribution in [-0.2, 0) is 0 Å². The zero-order chi connectivity index (χ0) is 12.7. The van der Waals surface area contributed by atoms with Crippen LogP contribution in [0, 0.1) is 6.92 Å². The molecule has 5 heteroatoms. The summed E-state index contributed by atoms with van der Waals surface area (Å²) < 4.78 is 5.35. The van der Waals surface area contributed by atoms with Crippen molar-refractivity contribution in [3.05, 3.63) is 35.2 Å². The van der Waals surface area contributed by atoms with Crippen LogP contribution in [0.5, 0.6) is 5.75 Å². The topological polar surface area (TPSA) is 47.9 Å². The number of hydrogen-bond donors (Lipinski definition) is 0. The van der Waals surface area contributed by atoms with Gasteiger partial charge in [0, 0.05) is 17.0 Å². The summed E-state index contributed by atoms with van der Waals surface area (Å²) in [5.41, 5.74) is 2.48. The molecule has 0 aliphatic heterocycles. The highest BCUT2D eigenvalue weighted by Gasteiger charge is 2.08. The van der Waals surface area contributed by atoms with Crippen LogP contribution >= 0.6 is 11.6 Å². The largest absolute Gasteiger partial charge is 0.494 e. The van der Waals surface area contributed by atoms with E-state index in [1.54, 1.807) is 13.3 Å². The van der Waals surface area contributed by atoms with E-state index in [9.17, 15) is 0 Å². The third kappa shape index (κ3) is 1.75. The number of methoxy groups -OCH3 is 1. The fourth-order valence-corrected chi connectivity index (χ4v) is 2.11. The van der Waals surface area contributed by atoms with Gasteiger partial charge in [0.15, 0.2) is 5.65 Å². The van der Waals surface area contributed by atoms with Gasteiger partial charge in [0.2, 0.25) is 5.28 Å². The number of nitrogens with zero attached hydrogens (tertiary/aromatic N) is 3. The van der Waals surface area contributed by atoms with Gasteiger partial charge in [-0.15, -0.1) is 0 Å². The van der Waals surface area contributed by atoms with Gasteiger partial charge in [0.05, 0.1) is 7.11 Å². The van der Waals surface area contributed by atoms with Crippen LogP contribution in [0.3, 0.4) is 0 Å². The molecule has 0 aliphatic carbocycles. The first-order valence-corrected chi connectivity index (χ1v) is 5.83. The predicted molar refractivity (Wildman–Crippen MR) is 71.1 cm³/mol. The number of rotatable bonds is 1. The van der Waals surface area contributed by atoms with Crippen molar-refractivity contribution in [2.75, 3.05) is 7.11 Å². The maximum absolute atomic E-state index is 5.78. The molecule has 0 radical (unpaired) electrons. The lowest BCUT2D eigenvalue weighted by Gasteiger charge is -2.07. The first kappa shape index (κ1) is 11.2. The van der Waals surface area contributed by atoms with E-state index < -0.39 is 0 Å². The van der Waals surface area contributed by atoms with Crippen LogP contribution in [0.1, 0.15) is 5.56 Å². The number of ether oxygens (including phenoxy) is 1. The standard InChI is InChI=1S/C13H10ClN3O/c1-7-3-8-5-9-6-15-13(14)17-12(9)16-11(8)10(4-7)18-2/h3-6H,1-2H3. The van der Waals surface area contributed by atoms with Crippen LogP contribution in [0.4, 0.5) is 0 Å². The Morgan fingerprint density at radius 1 is 1.11 bits per heavy atom. The minimum absolute atomic E-state index is 0.195. The molecule has 0 unspecified atom stereocenters. The molecule has 3 aromatic rings. The number of hydrogen-bond acceptors (Lipinski definition) is 4. The number of benzene rings is 1. The number of pyridine rings is 1. The molecule has 0 aliphatic rings. The molecule has 3 rings (SSSR count). The fraction of sp³-hybridized carbons (Fsp3) is 0.154. The molecule has 0 fully saturated rings. The smallest absolute Gasteiger partial charge is 0.224 e. The Morgan fingerprint density at radius 2 is 1.94 bits per heavy atom. The zero-order valence-electron chi connectivity index (χ0n) is 9.94. The molecule has 4 nitrogen and oxygen atoms in total. The van der Waals surface area contributed by atoms with Gasteiger partial charge < -0.3 is 4.74 Å². The fourth-order valence-electron chi connectivity index (χ4n) is 1.98. The van der Waals surface area contributed by atoms with E-state index in [1.807, 2.05) is 19.1 Å². The van der Waals surface area contributed by atoms with Crippen molar-refractivity contribution in [2.45, 2.75) is 6.92 Å². The van der Waals surface area contributed by atoms with Gasteiger partial charge in [0.1, 0.15) is 11.3 Å². The summed E-state index contributed by atoms with van der Waals surface area (Å²) in [6.07, 6.45) is 1.67. The van der Waals surface area contributed by atoms with Crippen molar-refractivity contribution in [1.29, 1.82) is 0 Å². The molecule has 90 valence electrons. The van der Waals surface area contributed by atoms with Crippen molar-refractivity contribution in [3.8, 4) is 5.75 Å². The number of aromatic nitrogens is 3. The maximum Gasteiger partial charge on any atom is 0.224 e. The monoisotopic (exact) mass is 259 g/mol. The lowest BCUT2D eigenvalue weighted by molar-refractivity contribution is 0.418. The summed E-state index contributed by atoms with van der Waals surface area (Å²) in [4.78, 5) is 12.6. The Balaban J connectivity index is 2.44. The van der Waals surface area contributed by atoms with Crippen LogP contribution < -0.4 is 4.74 Å². The van der Waals surface area contributed by atoms with Crippen LogP contribution in [0.15, 0.2) is 24.4 Å². The molecule has 0 amide bonds. The zero-order valence-corrected chi connectivity index (χ0v) is 10.7. The van der Waals surface area contributed by atoms with Crippen LogP contribution in [0.2, 0.25) is 5.28 Å². The van der Waals surface area contributed by atoms with Gasteiger partial charge in [-0.1, -0.05) is 0 Å². The second kappa shape index (κ2) is 4.07. The second-order valence-electron chi connectivity index (χ2n) is 4.08. The lowest BCUT2D eigenvalue weighted by Crippen LogP contribution is -1.93. The van der Waals surface area contributed by atoms with Crippen molar-refractivity contribution in [3.63, 3.8) is 0 Å². The summed E-state index contributed by atoms with van der Waals surface area (Å²) in [6.45, 7) is 2.02. The molecule has 1 aromatic carbocycles. The first-order valence-electron chi connectivity index (χ1n) is 5.45. The normalized spacial score (nSPS) is 11.1. The third-order valence-corrected chi connectivity index (χ3v) is 2.95. The van der Waals surface area contributed by atoms with Crippen molar-refractivity contribution < 1.29 is 4.74 Å². The van der Waals surface area contributed by atoms with Gasteiger partial charge in [-0.3, -0.25) is 0 Å². The molecule has 2 heterocycles. The quantitative estimate of drug-likeness (QED) is 0.498. The minimum atomic E-state index is 0.195. The average molecular weight is 260 g/mol. The summed E-state index contributed by atoms with van der Waals surface area (Å²) in [6, 6.07) is 5.99. The number of fused-ring (bicyclic) bond motifs is 2. The van der Waals surface area contributed by atoms with Crippen LogP contribution in [-0.4, -0.2) is 22.1 Å². The molecule has 2 aromatic heterocycles. The Kier molecular flexibility index (Phi) is 2.52. The molecule has 0 saturated carbocycles. The van der Waals surface area contributed by atoms with Crippen LogP contribution in [0.25, 0.3) is 21.9 Å². The average Bonchev–Trinajstić information content (AvgIpc) is 2.35. The Hall–Kier alpha value is -1.94. The van der Waals surface area contributed by atoms with Crippen molar-refractivity contribution >= 4 is 33.5 Å². The van der Waals surface area contributed by atoms with E-state index in [4.69, 9.17) is 16.3 Å². The second-order valence-corrected chi connectivity index (χ2v) is 4.42. The molecule has 18 heavy (non-hydrogen) atoms. The van der Waals surface area contributed by atoms with Crippen molar-refractivity contribution in [2.24, 2.45) is 0 Å². The van der Waals surface area contributed by atoms with E-state index >= 15 is 0 Å². The molecule has 0 N–H and O–H groups in total. The van der Waals surface area contributed by atoms with E-state index in [0.717, 1.165) is 27.6 Å². The SMILES string of the molecule is COc1cc(C)cc2cc3cnc(Cl)nc3nc12. The van der Waals surface area contributed by atoms with Crippen molar-refractivity contribution in [1.82, 2.24) is 15.0 Å². The summed E-state index contributed by atoms with van der Waals surface area (Å²) in [7, 11) is 1.63. The van der Waals surface area contributed by atoms with E-state index in [0.29, 0.717) is 5.65 Å². The van der Waals surface area contributed by atoms with Gasteiger partial charge in [0.25, 0.3) is 0 Å². The highest BCUT2D eigenvalue weighted by atomic mass is 35.5. The third-order valence-electron chi connectivity index (χ3n) is 2.76. The molecular formula is C13H10ClN3O. The lowest BCUT2D eigenvalue weighted by atomic mass is 10.1. The highest BCUT2D eigenvalue weighted by Crippen LogP contribution is 2.28. The first-order chi connectivity index (χ1) is 8.67. The molecule has 0 atom stereocenters. The van der Waals surface area contributed by atoms with Gasteiger partial charge in [-0.25, -0.2) is 9.97 Å². The summed E-state index contributed by atoms with van der Waals surface area (Å²) in [5, 5.41) is 2.06. The van der Waals surface area contributed by atoms with Gasteiger partial charge in [-0.05, 0) is 42.3 Å².